The number of pyridine rings is 1. The summed E-state index contributed by atoms with van der Waals surface area (Å²) in [4.78, 5) is 21.3. The van der Waals surface area contributed by atoms with E-state index in [-0.39, 0.29) is 61.9 Å². The average molecular weight is 542 g/mol. The summed E-state index contributed by atoms with van der Waals surface area (Å²) in [6, 6.07) is 9.30. The number of alkyl halides is 5. The van der Waals surface area contributed by atoms with Gasteiger partial charge in [-0.3, -0.25) is 0 Å². The number of carbonyl (C=O) groups excluding carboxylic acids is 1. The molecule has 3 aromatic rings. The van der Waals surface area contributed by atoms with Gasteiger partial charge in [-0.1, -0.05) is 30.3 Å². The molecule has 0 unspecified atom stereocenters. The first-order chi connectivity index (χ1) is 18.0. The number of nitrogens with one attached hydrogen (secondary N) is 2. The third-order valence-corrected chi connectivity index (χ3v) is 6.40. The molecule has 0 spiro atoms. The van der Waals surface area contributed by atoms with E-state index in [1.54, 1.807) is 36.4 Å². The predicted octanol–water partition coefficient (Wildman–Crippen LogP) is 5.00. The number of nitrogens with zero attached hydrogens (tertiary/aromatic N) is 2. The standard InChI is InChI=1S/C25H28F5N5O3/c26-24(27)10-8-16(9-11-24)20(34-23(36)37-14-15-4-2-1-3-5-15)22-35-21-18(38-22)7-6-17(33-21)12-32-13-19(31)25(28,29)30/h1-7,16,19-20,32H,8-14,31H2,(H,34,36)/t19-,20-/m0/s1. The third kappa shape index (κ3) is 7.38. The van der Waals surface area contributed by atoms with Crippen LogP contribution in [-0.2, 0) is 17.9 Å². The summed E-state index contributed by atoms with van der Waals surface area (Å²) in [5.74, 6) is -3.06. The van der Waals surface area contributed by atoms with Gasteiger partial charge in [0.15, 0.2) is 11.2 Å². The maximum atomic E-state index is 13.8. The summed E-state index contributed by atoms with van der Waals surface area (Å²) in [7, 11) is 0. The molecule has 2 heterocycles. The molecule has 2 aromatic heterocycles. The van der Waals surface area contributed by atoms with Gasteiger partial charge in [0, 0.05) is 25.9 Å². The highest BCUT2D eigenvalue weighted by molar-refractivity contribution is 5.69. The number of benzene rings is 1. The number of oxazole rings is 1. The van der Waals surface area contributed by atoms with Crippen molar-refractivity contribution in [3.63, 3.8) is 0 Å². The monoisotopic (exact) mass is 541 g/mol. The topological polar surface area (TPSA) is 115 Å². The largest absolute Gasteiger partial charge is 0.445 e. The summed E-state index contributed by atoms with van der Waals surface area (Å²) in [6.07, 6.45) is -5.66. The molecule has 1 fully saturated rings. The lowest BCUT2D eigenvalue weighted by Crippen LogP contribution is -2.45. The Hall–Kier alpha value is -3.32. The molecule has 0 bridgehead atoms. The van der Waals surface area contributed by atoms with Crippen molar-refractivity contribution in [1.29, 1.82) is 0 Å². The van der Waals surface area contributed by atoms with Crippen LogP contribution in [-0.4, -0.2) is 40.7 Å². The first-order valence-electron chi connectivity index (χ1n) is 12.1. The molecule has 0 saturated heterocycles. The van der Waals surface area contributed by atoms with Gasteiger partial charge in [0.2, 0.25) is 11.8 Å². The molecule has 1 aromatic carbocycles. The molecule has 8 nitrogen and oxygen atoms in total. The first kappa shape index (κ1) is 27.7. The fourth-order valence-corrected chi connectivity index (χ4v) is 4.25. The lowest BCUT2D eigenvalue weighted by atomic mass is 9.82. The molecule has 4 rings (SSSR count). The van der Waals surface area contributed by atoms with Gasteiger partial charge in [-0.25, -0.2) is 18.6 Å². The highest BCUT2D eigenvalue weighted by atomic mass is 19.4. The summed E-state index contributed by atoms with van der Waals surface area (Å²) >= 11 is 0. The number of amides is 1. The smallest absolute Gasteiger partial charge is 0.408 e. The van der Waals surface area contributed by atoms with Crippen molar-refractivity contribution in [2.24, 2.45) is 11.7 Å². The van der Waals surface area contributed by atoms with Gasteiger partial charge in [0.1, 0.15) is 18.7 Å². The molecule has 1 saturated carbocycles. The Morgan fingerprint density at radius 2 is 1.84 bits per heavy atom. The van der Waals surface area contributed by atoms with E-state index in [4.69, 9.17) is 14.9 Å². The molecule has 38 heavy (non-hydrogen) atoms. The SMILES string of the molecule is N[C@@H](CNCc1ccc2oc([C@@H](NC(=O)OCc3ccccc3)C3CCC(F)(F)CC3)nc2n1)C(F)(F)F. The van der Waals surface area contributed by atoms with Crippen LogP contribution in [0, 0.1) is 5.92 Å². The summed E-state index contributed by atoms with van der Waals surface area (Å²) in [5, 5.41) is 5.32. The second-order valence-electron chi connectivity index (χ2n) is 9.33. The number of ether oxygens (including phenoxy) is 1. The normalized spacial score (nSPS) is 17.7. The number of hydrogen-bond acceptors (Lipinski definition) is 7. The molecule has 0 radical (unpaired) electrons. The number of aromatic nitrogens is 2. The molecular formula is C25H28F5N5O3. The van der Waals surface area contributed by atoms with Crippen LogP contribution >= 0.6 is 0 Å². The Balaban J connectivity index is 1.47. The molecule has 13 heteroatoms. The number of nitrogens with two attached hydrogens (primary N) is 1. The fourth-order valence-electron chi connectivity index (χ4n) is 4.25. The summed E-state index contributed by atoms with van der Waals surface area (Å²) in [6.45, 7) is -0.463. The predicted molar refractivity (Wildman–Crippen MR) is 127 cm³/mol. The zero-order valence-corrected chi connectivity index (χ0v) is 20.3. The molecule has 206 valence electrons. The average Bonchev–Trinajstić information content (AvgIpc) is 3.29. The van der Waals surface area contributed by atoms with Gasteiger partial charge < -0.3 is 25.5 Å². The van der Waals surface area contributed by atoms with Crippen molar-refractivity contribution < 1.29 is 35.9 Å². The minimum absolute atomic E-state index is 0.00706. The van der Waals surface area contributed by atoms with Gasteiger partial charge in [-0.15, -0.1) is 0 Å². The van der Waals surface area contributed by atoms with Crippen LogP contribution in [0.2, 0.25) is 0 Å². The van der Waals surface area contributed by atoms with Gasteiger partial charge in [-0.05, 0) is 36.5 Å². The second kappa shape index (κ2) is 11.6. The number of carbonyl (C=O) groups is 1. The van der Waals surface area contributed by atoms with Crippen molar-refractivity contribution in [2.75, 3.05) is 6.54 Å². The molecule has 1 aliphatic rings. The fraction of sp³-hybridized carbons (Fsp3) is 0.480. The van der Waals surface area contributed by atoms with Crippen LogP contribution in [0.3, 0.4) is 0 Å². The van der Waals surface area contributed by atoms with Crippen molar-refractivity contribution in [3.8, 4) is 0 Å². The van der Waals surface area contributed by atoms with E-state index >= 15 is 0 Å². The third-order valence-electron chi connectivity index (χ3n) is 6.40. The van der Waals surface area contributed by atoms with Gasteiger partial charge in [0.05, 0.1) is 5.69 Å². The highest BCUT2D eigenvalue weighted by Crippen LogP contribution is 2.41. The van der Waals surface area contributed by atoms with Crippen LogP contribution in [0.5, 0.6) is 0 Å². The molecule has 1 aliphatic carbocycles. The minimum Gasteiger partial charge on any atom is -0.445 e. The Morgan fingerprint density at radius 1 is 1.13 bits per heavy atom. The van der Waals surface area contributed by atoms with Gasteiger partial charge in [-0.2, -0.15) is 18.2 Å². The summed E-state index contributed by atoms with van der Waals surface area (Å²) in [5.41, 5.74) is 6.72. The van der Waals surface area contributed by atoms with E-state index < -0.39 is 36.8 Å². The van der Waals surface area contributed by atoms with Crippen molar-refractivity contribution in [3.05, 3.63) is 59.6 Å². The van der Waals surface area contributed by atoms with E-state index in [0.717, 1.165) is 5.56 Å². The minimum atomic E-state index is -4.52. The number of halogens is 5. The highest BCUT2D eigenvalue weighted by Gasteiger charge is 2.40. The van der Waals surface area contributed by atoms with E-state index in [1.165, 1.54) is 0 Å². The zero-order chi connectivity index (χ0) is 27.3. The lowest BCUT2D eigenvalue weighted by molar-refractivity contribution is -0.146. The van der Waals surface area contributed by atoms with E-state index in [9.17, 15) is 26.7 Å². The van der Waals surface area contributed by atoms with Crippen LogP contribution in [0.1, 0.15) is 48.9 Å². The number of rotatable bonds is 9. The maximum Gasteiger partial charge on any atom is 0.408 e. The van der Waals surface area contributed by atoms with Crippen LogP contribution in [0.25, 0.3) is 11.2 Å². The van der Waals surface area contributed by atoms with E-state index in [2.05, 4.69) is 20.6 Å². The van der Waals surface area contributed by atoms with E-state index in [1.807, 2.05) is 6.07 Å². The van der Waals surface area contributed by atoms with Gasteiger partial charge in [0.25, 0.3) is 0 Å². The van der Waals surface area contributed by atoms with Crippen molar-refractivity contribution in [1.82, 2.24) is 20.6 Å². The van der Waals surface area contributed by atoms with Crippen molar-refractivity contribution >= 4 is 17.3 Å². The van der Waals surface area contributed by atoms with Crippen LogP contribution in [0.15, 0.2) is 46.9 Å². The van der Waals surface area contributed by atoms with Crippen LogP contribution < -0.4 is 16.4 Å². The van der Waals surface area contributed by atoms with Gasteiger partial charge >= 0.3 is 12.3 Å². The quantitative estimate of drug-likeness (QED) is 0.327. The van der Waals surface area contributed by atoms with E-state index in [0.29, 0.717) is 5.69 Å². The molecular weight excluding hydrogens is 513 g/mol. The zero-order valence-electron chi connectivity index (χ0n) is 20.3. The lowest BCUT2D eigenvalue weighted by Gasteiger charge is -2.32. The molecule has 1 amide bonds. The second-order valence-corrected chi connectivity index (χ2v) is 9.33. The Labute approximate surface area is 215 Å². The number of alkyl carbamates (subject to hydrolysis) is 1. The Kier molecular flexibility index (Phi) is 8.46. The number of fused-ring (bicyclic) bond motifs is 1. The van der Waals surface area contributed by atoms with Crippen molar-refractivity contribution in [2.45, 2.75) is 63.0 Å². The first-order valence-corrected chi connectivity index (χ1v) is 12.1. The summed E-state index contributed by atoms with van der Waals surface area (Å²) < 4.78 is 76.5. The number of hydrogen-bond donors (Lipinski definition) is 3. The van der Waals surface area contributed by atoms with Crippen LogP contribution in [0.4, 0.5) is 26.7 Å². The Bertz CT molecular complexity index is 1210. The maximum absolute atomic E-state index is 13.8. The molecule has 4 N–H and O–H groups in total. The molecule has 2 atom stereocenters. The Morgan fingerprint density at radius 3 is 2.53 bits per heavy atom. The molecule has 0 aliphatic heterocycles.